The molecule has 0 unspecified atom stereocenters. The minimum atomic E-state index is 0.227. The van der Waals surface area contributed by atoms with Crippen molar-refractivity contribution >= 4 is 5.82 Å². The lowest BCUT2D eigenvalue weighted by atomic mass is 10.2. The highest BCUT2D eigenvalue weighted by Crippen LogP contribution is 2.21. The second-order valence-corrected chi connectivity index (χ2v) is 5.36. The molecule has 0 amide bonds. The van der Waals surface area contributed by atoms with Crippen LogP contribution in [0.3, 0.4) is 0 Å². The van der Waals surface area contributed by atoms with Gasteiger partial charge in [-0.1, -0.05) is 0 Å². The Balaban J connectivity index is 2.10. The first-order chi connectivity index (χ1) is 9.02. The fourth-order valence-electron chi connectivity index (χ4n) is 2.55. The Bertz CT molecular complexity index is 441. The van der Waals surface area contributed by atoms with Gasteiger partial charge in [0, 0.05) is 43.5 Å². The maximum atomic E-state index is 9.21. The normalized spacial score (nSPS) is 18.7. The van der Waals surface area contributed by atoms with E-state index in [1.165, 1.54) is 5.56 Å². The summed E-state index contributed by atoms with van der Waals surface area (Å²) in [5, 5.41) is 9.21. The average Bonchev–Trinajstić information content (AvgIpc) is 2.42. The molecule has 0 aromatic carbocycles. The molecule has 106 valence electrons. The lowest BCUT2D eigenvalue weighted by Gasteiger charge is -2.38. The van der Waals surface area contributed by atoms with E-state index < -0.39 is 0 Å². The summed E-state index contributed by atoms with van der Waals surface area (Å²) in [5.41, 5.74) is 2.24. The molecule has 5 nitrogen and oxygen atoms in total. The first-order valence-electron chi connectivity index (χ1n) is 6.94. The Morgan fingerprint density at radius 1 is 1.11 bits per heavy atom. The highest BCUT2D eigenvalue weighted by molar-refractivity contribution is 5.48. The fraction of sp³-hybridized carbons (Fsp3) is 0.714. The molecular formula is C14H24N4O. The van der Waals surface area contributed by atoms with Crippen molar-refractivity contribution in [3.63, 3.8) is 0 Å². The van der Waals surface area contributed by atoms with Gasteiger partial charge in [-0.05, 0) is 27.7 Å². The van der Waals surface area contributed by atoms with Crippen molar-refractivity contribution in [2.45, 2.75) is 33.7 Å². The lowest BCUT2D eigenvalue weighted by Crippen LogP contribution is -2.51. The predicted molar refractivity (Wildman–Crippen MR) is 76.6 cm³/mol. The van der Waals surface area contributed by atoms with E-state index in [1.54, 1.807) is 0 Å². The zero-order valence-electron chi connectivity index (χ0n) is 12.3. The third-order valence-corrected chi connectivity index (χ3v) is 3.98. The summed E-state index contributed by atoms with van der Waals surface area (Å²) in [6, 6.07) is 0.247. The van der Waals surface area contributed by atoms with E-state index in [4.69, 9.17) is 0 Å². The number of aryl methyl sites for hydroxylation is 2. The molecule has 1 atom stereocenters. The van der Waals surface area contributed by atoms with E-state index in [0.717, 1.165) is 43.5 Å². The molecule has 0 bridgehead atoms. The number of aromatic nitrogens is 2. The number of anilines is 1. The molecule has 1 N–H and O–H groups in total. The van der Waals surface area contributed by atoms with Crippen LogP contribution in [0.1, 0.15) is 24.0 Å². The Morgan fingerprint density at radius 2 is 1.74 bits per heavy atom. The second kappa shape index (κ2) is 5.84. The number of aliphatic hydroxyl groups is 1. The quantitative estimate of drug-likeness (QED) is 0.879. The zero-order valence-corrected chi connectivity index (χ0v) is 12.3. The van der Waals surface area contributed by atoms with Crippen molar-refractivity contribution in [2.24, 2.45) is 0 Å². The average molecular weight is 264 g/mol. The molecule has 0 saturated carbocycles. The van der Waals surface area contributed by atoms with E-state index in [9.17, 15) is 5.11 Å². The van der Waals surface area contributed by atoms with Gasteiger partial charge in [0.05, 0.1) is 6.61 Å². The van der Waals surface area contributed by atoms with Crippen molar-refractivity contribution < 1.29 is 5.11 Å². The molecule has 5 heteroatoms. The molecule has 2 rings (SSSR count). The van der Waals surface area contributed by atoms with Crippen LogP contribution in [-0.4, -0.2) is 58.8 Å². The highest BCUT2D eigenvalue weighted by Gasteiger charge is 2.23. The number of hydrogen-bond acceptors (Lipinski definition) is 5. The smallest absolute Gasteiger partial charge is 0.135 e. The van der Waals surface area contributed by atoms with Gasteiger partial charge in [-0.25, -0.2) is 9.97 Å². The number of hydrogen-bond donors (Lipinski definition) is 1. The van der Waals surface area contributed by atoms with Gasteiger partial charge in [-0.3, -0.25) is 4.90 Å². The monoisotopic (exact) mass is 264 g/mol. The van der Waals surface area contributed by atoms with Crippen LogP contribution in [0.2, 0.25) is 0 Å². The molecule has 1 aliphatic rings. The first-order valence-corrected chi connectivity index (χ1v) is 6.94. The molecule has 1 aliphatic heterocycles. The third kappa shape index (κ3) is 3.04. The van der Waals surface area contributed by atoms with E-state index in [0.29, 0.717) is 0 Å². The Kier molecular flexibility index (Phi) is 4.37. The highest BCUT2D eigenvalue weighted by atomic mass is 16.3. The summed E-state index contributed by atoms with van der Waals surface area (Å²) >= 11 is 0. The Labute approximate surface area is 115 Å². The van der Waals surface area contributed by atoms with Crippen molar-refractivity contribution in [2.75, 3.05) is 37.7 Å². The number of rotatable bonds is 3. The molecule has 0 aliphatic carbocycles. The molecule has 1 saturated heterocycles. The van der Waals surface area contributed by atoms with Crippen LogP contribution in [0.15, 0.2) is 0 Å². The zero-order chi connectivity index (χ0) is 14.0. The maximum Gasteiger partial charge on any atom is 0.135 e. The molecule has 0 spiro atoms. The Hall–Kier alpha value is -1.20. The van der Waals surface area contributed by atoms with E-state index in [-0.39, 0.29) is 12.6 Å². The van der Waals surface area contributed by atoms with Crippen LogP contribution in [0.25, 0.3) is 0 Å². The summed E-state index contributed by atoms with van der Waals surface area (Å²) in [7, 11) is 0. The SMILES string of the molecule is Cc1nc(C)c(C)c(N2CCN([C@H](C)CO)CC2)n1. The molecule has 19 heavy (non-hydrogen) atoms. The summed E-state index contributed by atoms with van der Waals surface area (Å²) in [4.78, 5) is 13.7. The van der Waals surface area contributed by atoms with Crippen LogP contribution in [0.5, 0.6) is 0 Å². The molecule has 1 fully saturated rings. The number of aliphatic hydroxyl groups excluding tert-OH is 1. The minimum absolute atomic E-state index is 0.227. The van der Waals surface area contributed by atoms with Crippen molar-refractivity contribution in [3.05, 3.63) is 17.1 Å². The van der Waals surface area contributed by atoms with Gasteiger partial charge in [0.25, 0.3) is 0 Å². The Morgan fingerprint density at radius 3 is 2.32 bits per heavy atom. The number of nitrogens with zero attached hydrogens (tertiary/aromatic N) is 4. The third-order valence-electron chi connectivity index (χ3n) is 3.98. The van der Waals surface area contributed by atoms with E-state index >= 15 is 0 Å². The van der Waals surface area contributed by atoms with Gasteiger partial charge in [0.2, 0.25) is 0 Å². The molecule has 2 heterocycles. The van der Waals surface area contributed by atoms with Crippen LogP contribution >= 0.6 is 0 Å². The summed E-state index contributed by atoms with van der Waals surface area (Å²) in [6.45, 7) is 12.2. The van der Waals surface area contributed by atoms with Gasteiger partial charge in [0.1, 0.15) is 11.6 Å². The van der Waals surface area contributed by atoms with Crippen LogP contribution in [0, 0.1) is 20.8 Å². The van der Waals surface area contributed by atoms with Gasteiger partial charge < -0.3 is 10.0 Å². The van der Waals surface area contributed by atoms with Crippen molar-refractivity contribution in [1.29, 1.82) is 0 Å². The summed E-state index contributed by atoms with van der Waals surface area (Å²) in [6.07, 6.45) is 0. The predicted octanol–water partition coefficient (Wildman–Crippen LogP) is 0.905. The van der Waals surface area contributed by atoms with Crippen molar-refractivity contribution in [1.82, 2.24) is 14.9 Å². The largest absolute Gasteiger partial charge is 0.395 e. The van der Waals surface area contributed by atoms with Crippen LogP contribution < -0.4 is 4.90 Å². The first kappa shape index (κ1) is 14.2. The number of piperazine rings is 1. The van der Waals surface area contributed by atoms with Gasteiger partial charge in [-0.15, -0.1) is 0 Å². The van der Waals surface area contributed by atoms with Gasteiger partial charge in [0.15, 0.2) is 0 Å². The molecular weight excluding hydrogens is 240 g/mol. The molecule has 1 aromatic rings. The molecule has 0 radical (unpaired) electrons. The minimum Gasteiger partial charge on any atom is -0.395 e. The summed E-state index contributed by atoms with van der Waals surface area (Å²) < 4.78 is 0. The van der Waals surface area contributed by atoms with Crippen molar-refractivity contribution in [3.8, 4) is 0 Å². The summed E-state index contributed by atoms with van der Waals surface area (Å²) in [5.74, 6) is 1.91. The second-order valence-electron chi connectivity index (χ2n) is 5.36. The maximum absolute atomic E-state index is 9.21. The van der Waals surface area contributed by atoms with E-state index in [2.05, 4.69) is 33.6 Å². The van der Waals surface area contributed by atoms with E-state index in [1.807, 2.05) is 13.8 Å². The fourth-order valence-corrected chi connectivity index (χ4v) is 2.55. The lowest BCUT2D eigenvalue weighted by molar-refractivity contribution is 0.128. The van der Waals surface area contributed by atoms with Gasteiger partial charge in [-0.2, -0.15) is 0 Å². The van der Waals surface area contributed by atoms with Crippen LogP contribution in [-0.2, 0) is 0 Å². The molecule has 1 aromatic heterocycles. The van der Waals surface area contributed by atoms with Crippen LogP contribution in [0.4, 0.5) is 5.82 Å². The van der Waals surface area contributed by atoms with Gasteiger partial charge >= 0.3 is 0 Å². The topological polar surface area (TPSA) is 52.5 Å². The standard InChI is InChI=1S/C14H24N4O/c1-10(9-19)17-5-7-18(8-6-17)14-11(2)12(3)15-13(4)16-14/h10,19H,5-9H2,1-4H3/t10-/m1/s1.